The Labute approximate surface area is 190 Å². The largest absolute Gasteiger partial charge is 0.481 e. The molecule has 0 heterocycles. The van der Waals surface area contributed by atoms with Gasteiger partial charge in [0.05, 0.1) is 33.7 Å². The van der Waals surface area contributed by atoms with Crippen LogP contribution in [0.3, 0.4) is 0 Å². The first-order valence-corrected chi connectivity index (χ1v) is 10.5. The molecular formula is C24H20Cl2N2O3. The fraction of sp³-hybridized carbons (Fsp3) is 0.208. The van der Waals surface area contributed by atoms with Crippen molar-refractivity contribution >= 4 is 45.9 Å². The maximum absolute atomic E-state index is 13.2. The van der Waals surface area contributed by atoms with Crippen molar-refractivity contribution in [3.8, 4) is 6.07 Å². The van der Waals surface area contributed by atoms with Gasteiger partial charge in [0.25, 0.3) is 5.91 Å². The van der Waals surface area contributed by atoms with Crippen molar-refractivity contribution in [3.05, 3.63) is 80.8 Å². The van der Waals surface area contributed by atoms with E-state index in [-0.39, 0.29) is 18.9 Å². The Morgan fingerprint density at radius 1 is 1.13 bits per heavy atom. The van der Waals surface area contributed by atoms with E-state index in [0.29, 0.717) is 38.7 Å². The Balaban J connectivity index is 1.96. The number of aliphatic carboxylic acids is 1. The van der Waals surface area contributed by atoms with Crippen LogP contribution in [0.1, 0.15) is 46.3 Å². The van der Waals surface area contributed by atoms with Gasteiger partial charge < -0.3 is 10.4 Å². The molecule has 0 aliphatic carbocycles. The average Bonchev–Trinajstić information content (AvgIpc) is 2.76. The lowest BCUT2D eigenvalue weighted by molar-refractivity contribution is -0.137. The van der Waals surface area contributed by atoms with Gasteiger partial charge in [0.1, 0.15) is 0 Å². The maximum Gasteiger partial charge on any atom is 0.304 e. The summed E-state index contributed by atoms with van der Waals surface area (Å²) >= 11 is 12.1. The van der Waals surface area contributed by atoms with E-state index in [1.54, 1.807) is 24.3 Å². The summed E-state index contributed by atoms with van der Waals surface area (Å²) in [6, 6.07) is 16.3. The molecule has 3 aromatic rings. The number of carboxylic acids is 1. The van der Waals surface area contributed by atoms with Crippen LogP contribution in [-0.4, -0.2) is 23.5 Å². The van der Waals surface area contributed by atoms with Crippen molar-refractivity contribution in [1.29, 1.82) is 5.26 Å². The van der Waals surface area contributed by atoms with E-state index in [9.17, 15) is 20.0 Å². The molecule has 1 unspecified atom stereocenters. The number of benzene rings is 3. The topological polar surface area (TPSA) is 90.2 Å². The summed E-state index contributed by atoms with van der Waals surface area (Å²) in [4.78, 5) is 24.6. The second kappa shape index (κ2) is 9.82. The van der Waals surface area contributed by atoms with Crippen molar-refractivity contribution in [1.82, 2.24) is 5.32 Å². The number of nitrogens with one attached hydrogen (secondary N) is 1. The summed E-state index contributed by atoms with van der Waals surface area (Å²) in [5.41, 5.74) is 2.24. The Morgan fingerprint density at radius 2 is 1.87 bits per heavy atom. The Bertz CT molecular complexity index is 1200. The van der Waals surface area contributed by atoms with E-state index in [1.165, 1.54) is 0 Å². The third kappa shape index (κ3) is 4.99. The van der Waals surface area contributed by atoms with Crippen molar-refractivity contribution in [2.75, 3.05) is 6.54 Å². The van der Waals surface area contributed by atoms with E-state index in [1.807, 2.05) is 31.2 Å². The van der Waals surface area contributed by atoms with E-state index < -0.39 is 11.9 Å². The van der Waals surface area contributed by atoms with Crippen LogP contribution in [0.5, 0.6) is 0 Å². The molecule has 0 aliphatic heterocycles. The zero-order valence-corrected chi connectivity index (χ0v) is 18.3. The molecule has 0 saturated heterocycles. The Hall–Kier alpha value is -3.07. The molecule has 3 aromatic carbocycles. The number of rotatable bonds is 7. The molecule has 158 valence electrons. The SMILES string of the molecule is CCc1c(C#N)cc2ccccc2c1C(=O)NCC(CC(=O)O)c1ccc(Cl)c(Cl)c1. The molecule has 0 aromatic heterocycles. The monoisotopic (exact) mass is 454 g/mol. The highest BCUT2D eigenvalue weighted by atomic mass is 35.5. The first kappa shape index (κ1) is 22.6. The van der Waals surface area contributed by atoms with Gasteiger partial charge in [-0.15, -0.1) is 0 Å². The predicted molar refractivity (Wildman–Crippen MR) is 122 cm³/mol. The number of hydrogen-bond donors (Lipinski definition) is 2. The quantitative estimate of drug-likeness (QED) is 0.488. The number of nitriles is 1. The molecule has 1 atom stereocenters. The minimum absolute atomic E-state index is 0.0946. The van der Waals surface area contributed by atoms with Gasteiger partial charge in [-0.2, -0.15) is 5.26 Å². The van der Waals surface area contributed by atoms with Crippen LogP contribution in [0.15, 0.2) is 48.5 Å². The number of fused-ring (bicyclic) bond motifs is 1. The predicted octanol–water partition coefficient (Wildman–Crippen LogP) is 5.57. The van der Waals surface area contributed by atoms with Gasteiger partial charge in [0, 0.05) is 12.5 Å². The smallest absolute Gasteiger partial charge is 0.304 e. The minimum atomic E-state index is -0.989. The molecule has 2 N–H and O–H groups in total. The summed E-state index contributed by atoms with van der Waals surface area (Å²) < 4.78 is 0. The maximum atomic E-state index is 13.2. The summed E-state index contributed by atoms with van der Waals surface area (Å²) in [7, 11) is 0. The zero-order chi connectivity index (χ0) is 22.5. The fourth-order valence-corrected chi connectivity index (χ4v) is 4.01. The molecular weight excluding hydrogens is 435 g/mol. The Kier molecular flexibility index (Phi) is 7.17. The fourth-order valence-electron chi connectivity index (χ4n) is 3.71. The van der Waals surface area contributed by atoms with Crippen LogP contribution in [0.2, 0.25) is 10.0 Å². The lowest BCUT2D eigenvalue weighted by Crippen LogP contribution is -2.30. The van der Waals surface area contributed by atoms with Gasteiger partial charge >= 0.3 is 5.97 Å². The van der Waals surface area contributed by atoms with Gasteiger partial charge in [-0.3, -0.25) is 9.59 Å². The second-order valence-corrected chi connectivity index (χ2v) is 7.96. The van der Waals surface area contributed by atoms with E-state index in [0.717, 1.165) is 10.8 Å². The molecule has 7 heteroatoms. The lowest BCUT2D eigenvalue weighted by Gasteiger charge is -2.19. The molecule has 0 radical (unpaired) electrons. The number of carbonyl (C=O) groups excluding carboxylic acids is 1. The number of carbonyl (C=O) groups is 2. The minimum Gasteiger partial charge on any atom is -0.481 e. The molecule has 3 rings (SSSR count). The van der Waals surface area contributed by atoms with Gasteiger partial charge in [0.2, 0.25) is 0 Å². The molecule has 5 nitrogen and oxygen atoms in total. The standard InChI is InChI=1S/C24H20Cl2N2O3/c1-2-18-16(12-27)9-15-5-3-4-6-19(15)23(18)24(31)28-13-17(11-22(29)30)14-7-8-20(25)21(26)10-14/h3-10,17H,2,11,13H2,1H3,(H,28,31)(H,29,30). The third-order valence-electron chi connectivity index (χ3n) is 5.20. The van der Waals surface area contributed by atoms with Crippen LogP contribution in [-0.2, 0) is 11.2 Å². The van der Waals surface area contributed by atoms with E-state index in [4.69, 9.17) is 23.2 Å². The van der Waals surface area contributed by atoms with E-state index >= 15 is 0 Å². The zero-order valence-electron chi connectivity index (χ0n) is 16.8. The first-order valence-electron chi connectivity index (χ1n) is 9.75. The van der Waals surface area contributed by atoms with Crippen LogP contribution >= 0.6 is 23.2 Å². The van der Waals surface area contributed by atoms with Crippen LogP contribution in [0.25, 0.3) is 10.8 Å². The first-order chi connectivity index (χ1) is 14.8. The second-order valence-electron chi connectivity index (χ2n) is 7.14. The summed E-state index contributed by atoms with van der Waals surface area (Å²) in [6.45, 7) is 1.99. The normalized spacial score (nSPS) is 11.7. The molecule has 1 amide bonds. The number of nitrogens with zero attached hydrogens (tertiary/aromatic N) is 1. The molecule has 0 fully saturated rings. The summed E-state index contributed by atoms with van der Waals surface area (Å²) in [5, 5.41) is 24.0. The number of halogens is 2. The van der Waals surface area contributed by atoms with Crippen molar-refractivity contribution in [2.24, 2.45) is 0 Å². The number of carboxylic acid groups (broad SMARTS) is 1. The van der Waals surface area contributed by atoms with E-state index in [2.05, 4.69) is 11.4 Å². The van der Waals surface area contributed by atoms with Gasteiger partial charge in [-0.25, -0.2) is 0 Å². The highest BCUT2D eigenvalue weighted by molar-refractivity contribution is 6.42. The average molecular weight is 455 g/mol. The van der Waals surface area contributed by atoms with Gasteiger partial charge in [0.15, 0.2) is 0 Å². The molecule has 0 spiro atoms. The van der Waals surface area contributed by atoms with Crippen LogP contribution in [0.4, 0.5) is 0 Å². The lowest BCUT2D eigenvalue weighted by atomic mass is 9.91. The Morgan fingerprint density at radius 3 is 2.52 bits per heavy atom. The van der Waals surface area contributed by atoms with Crippen molar-refractivity contribution < 1.29 is 14.7 Å². The third-order valence-corrected chi connectivity index (χ3v) is 5.94. The highest BCUT2D eigenvalue weighted by Crippen LogP contribution is 2.29. The van der Waals surface area contributed by atoms with Crippen molar-refractivity contribution in [2.45, 2.75) is 25.7 Å². The van der Waals surface area contributed by atoms with Crippen molar-refractivity contribution in [3.63, 3.8) is 0 Å². The number of hydrogen-bond acceptors (Lipinski definition) is 3. The van der Waals surface area contributed by atoms with Gasteiger partial charge in [-0.1, -0.05) is 60.5 Å². The van der Waals surface area contributed by atoms with Gasteiger partial charge in [-0.05, 0) is 46.5 Å². The van der Waals surface area contributed by atoms with Crippen LogP contribution in [0, 0.1) is 11.3 Å². The number of amides is 1. The summed E-state index contributed by atoms with van der Waals surface area (Å²) in [6.07, 6.45) is 0.333. The molecule has 0 aliphatic rings. The summed E-state index contributed by atoms with van der Waals surface area (Å²) in [5.74, 6) is -1.83. The highest BCUT2D eigenvalue weighted by Gasteiger charge is 2.22. The molecule has 0 saturated carbocycles. The molecule has 31 heavy (non-hydrogen) atoms. The van der Waals surface area contributed by atoms with Crippen LogP contribution < -0.4 is 5.32 Å². The molecule has 0 bridgehead atoms.